The lowest BCUT2D eigenvalue weighted by atomic mass is 10.3. The highest BCUT2D eigenvalue weighted by atomic mass is 32.2. The van der Waals surface area contributed by atoms with Crippen molar-refractivity contribution in [3.63, 3.8) is 0 Å². The molecule has 0 saturated carbocycles. The van der Waals surface area contributed by atoms with E-state index in [-0.39, 0.29) is 11.4 Å². The van der Waals surface area contributed by atoms with Crippen LogP contribution in [0.5, 0.6) is 0 Å². The van der Waals surface area contributed by atoms with Crippen molar-refractivity contribution < 1.29 is 13.2 Å². The summed E-state index contributed by atoms with van der Waals surface area (Å²) in [5.41, 5.74) is 0.740. The highest BCUT2D eigenvalue weighted by Gasteiger charge is 2.13. The molecule has 2 aromatic heterocycles. The fraction of sp³-hybridized carbons (Fsp3) is 0.143. The van der Waals surface area contributed by atoms with E-state index in [4.69, 9.17) is 5.14 Å². The highest BCUT2D eigenvalue weighted by molar-refractivity contribution is 7.89. The second-order valence-corrected chi connectivity index (χ2v) is 7.63. The second-order valence-electron chi connectivity index (χ2n) is 5.06. The first-order valence-corrected chi connectivity index (χ1v) is 9.42. The summed E-state index contributed by atoms with van der Waals surface area (Å²) in [4.78, 5) is 20.5. The van der Waals surface area contributed by atoms with Gasteiger partial charge in [-0.2, -0.15) is 10.1 Å². The van der Waals surface area contributed by atoms with Crippen LogP contribution in [0.15, 0.2) is 53.4 Å². The first kappa shape index (κ1) is 17.2. The maximum absolute atomic E-state index is 12.1. The number of hydrogen-bond donors (Lipinski definition) is 1. The fourth-order valence-corrected chi connectivity index (χ4v) is 3.93. The number of sulfonamides is 1. The Morgan fingerprint density at radius 3 is 2.88 bits per heavy atom. The van der Waals surface area contributed by atoms with E-state index < -0.39 is 15.9 Å². The fourth-order valence-electron chi connectivity index (χ4n) is 2.22. The molecule has 0 atom stereocenters. The Balaban J connectivity index is 2.09. The number of benzene rings is 1. The number of hydrogen-bond acceptors (Lipinski definition) is 6. The lowest BCUT2D eigenvalue weighted by Crippen LogP contribution is -2.18. The molecule has 9 nitrogen and oxygen atoms in total. The summed E-state index contributed by atoms with van der Waals surface area (Å²) in [6.45, 7) is 4.08. The topological polar surface area (TPSA) is 125 Å². The maximum atomic E-state index is 12.1. The summed E-state index contributed by atoms with van der Waals surface area (Å²) in [5, 5.41) is 9.03. The van der Waals surface area contributed by atoms with Crippen LogP contribution >= 0.6 is 11.3 Å². The average molecular weight is 378 g/mol. The molecule has 2 N–H and O–H groups in total. The molecule has 0 fully saturated rings. The van der Waals surface area contributed by atoms with Gasteiger partial charge in [0.2, 0.25) is 10.0 Å². The number of amides is 1. The van der Waals surface area contributed by atoms with E-state index in [0.29, 0.717) is 16.0 Å². The highest BCUT2D eigenvalue weighted by Crippen LogP contribution is 2.21. The SMILES string of the molecule is C=CCn1c(=NC(=O)Cn2cncn2)sc2cc(S(N)(=O)=O)ccc21. The molecule has 0 radical (unpaired) electrons. The molecule has 0 spiro atoms. The largest absolute Gasteiger partial charge is 0.313 e. The van der Waals surface area contributed by atoms with E-state index in [1.165, 1.54) is 40.8 Å². The smallest absolute Gasteiger partial charge is 0.270 e. The van der Waals surface area contributed by atoms with Crippen LogP contribution in [0.3, 0.4) is 0 Å². The number of nitrogens with two attached hydrogens (primary N) is 1. The Hall–Kier alpha value is -2.63. The lowest BCUT2D eigenvalue weighted by molar-refractivity contribution is -0.118. The molecule has 0 bridgehead atoms. The molecular formula is C14H14N6O3S2. The molecule has 130 valence electrons. The molecular weight excluding hydrogens is 364 g/mol. The number of allylic oxidation sites excluding steroid dienone is 1. The number of rotatable bonds is 5. The molecule has 3 rings (SSSR count). The van der Waals surface area contributed by atoms with Crippen molar-refractivity contribution in [2.75, 3.05) is 0 Å². The number of thiazole rings is 1. The van der Waals surface area contributed by atoms with Gasteiger partial charge < -0.3 is 4.57 Å². The zero-order valence-electron chi connectivity index (χ0n) is 12.9. The first-order chi connectivity index (χ1) is 11.9. The minimum Gasteiger partial charge on any atom is -0.313 e. The van der Waals surface area contributed by atoms with Crippen LogP contribution < -0.4 is 9.94 Å². The van der Waals surface area contributed by atoms with Crippen molar-refractivity contribution in [3.05, 3.63) is 48.3 Å². The maximum Gasteiger partial charge on any atom is 0.270 e. The van der Waals surface area contributed by atoms with E-state index in [2.05, 4.69) is 21.7 Å². The zero-order chi connectivity index (χ0) is 18.0. The number of carbonyl (C=O) groups is 1. The molecule has 0 aliphatic rings. The predicted molar refractivity (Wildman–Crippen MR) is 92.0 cm³/mol. The average Bonchev–Trinajstić information content (AvgIpc) is 3.15. The van der Waals surface area contributed by atoms with Gasteiger partial charge in [0.25, 0.3) is 5.91 Å². The minimum atomic E-state index is -3.81. The Morgan fingerprint density at radius 2 is 2.24 bits per heavy atom. The Morgan fingerprint density at radius 1 is 1.44 bits per heavy atom. The van der Waals surface area contributed by atoms with E-state index in [1.807, 2.05) is 0 Å². The van der Waals surface area contributed by atoms with Gasteiger partial charge in [0.05, 0.1) is 15.1 Å². The Bertz CT molecular complexity index is 1110. The molecule has 11 heteroatoms. The van der Waals surface area contributed by atoms with Crippen molar-refractivity contribution in [2.24, 2.45) is 10.1 Å². The van der Waals surface area contributed by atoms with Crippen molar-refractivity contribution in [2.45, 2.75) is 18.0 Å². The predicted octanol–water partition coefficient (Wildman–Crippen LogP) is 0.255. The third-order valence-electron chi connectivity index (χ3n) is 3.28. The van der Waals surface area contributed by atoms with Gasteiger partial charge in [-0.15, -0.1) is 6.58 Å². The summed E-state index contributed by atoms with van der Waals surface area (Å²) in [6.07, 6.45) is 4.43. The summed E-state index contributed by atoms with van der Waals surface area (Å²) < 4.78 is 26.8. The monoisotopic (exact) mass is 378 g/mol. The van der Waals surface area contributed by atoms with Crippen LogP contribution in [0, 0.1) is 0 Å². The van der Waals surface area contributed by atoms with Crippen LogP contribution in [-0.4, -0.2) is 33.7 Å². The summed E-state index contributed by atoms with van der Waals surface area (Å²) in [6, 6.07) is 4.52. The molecule has 1 aromatic carbocycles. The first-order valence-electron chi connectivity index (χ1n) is 7.05. The Labute approximate surface area is 146 Å². The van der Waals surface area contributed by atoms with Crippen LogP contribution in [0.2, 0.25) is 0 Å². The zero-order valence-corrected chi connectivity index (χ0v) is 14.6. The molecule has 0 unspecified atom stereocenters. The number of aromatic nitrogens is 4. The summed E-state index contributed by atoms with van der Waals surface area (Å²) in [5.74, 6) is -0.401. The van der Waals surface area contributed by atoms with Gasteiger partial charge in [-0.25, -0.2) is 23.2 Å². The normalized spacial score (nSPS) is 12.6. The van der Waals surface area contributed by atoms with Crippen molar-refractivity contribution in [1.82, 2.24) is 19.3 Å². The van der Waals surface area contributed by atoms with E-state index in [9.17, 15) is 13.2 Å². The quantitative estimate of drug-likeness (QED) is 0.637. The van der Waals surface area contributed by atoms with Gasteiger partial charge in [0, 0.05) is 6.54 Å². The van der Waals surface area contributed by atoms with Gasteiger partial charge in [0.1, 0.15) is 19.2 Å². The van der Waals surface area contributed by atoms with Crippen LogP contribution in [0.1, 0.15) is 0 Å². The van der Waals surface area contributed by atoms with Crippen molar-refractivity contribution in [1.29, 1.82) is 0 Å². The van der Waals surface area contributed by atoms with Crippen LogP contribution in [0.4, 0.5) is 0 Å². The van der Waals surface area contributed by atoms with Gasteiger partial charge in [0.15, 0.2) is 4.80 Å². The molecule has 1 amide bonds. The number of carbonyl (C=O) groups excluding carboxylic acids is 1. The van der Waals surface area contributed by atoms with Crippen molar-refractivity contribution in [3.8, 4) is 0 Å². The molecule has 25 heavy (non-hydrogen) atoms. The molecule has 0 aliphatic heterocycles. The molecule has 3 aromatic rings. The van der Waals surface area contributed by atoms with E-state index in [1.54, 1.807) is 16.7 Å². The van der Waals surface area contributed by atoms with Crippen LogP contribution in [-0.2, 0) is 27.9 Å². The van der Waals surface area contributed by atoms with E-state index >= 15 is 0 Å². The number of primary sulfonamides is 1. The lowest BCUT2D eigenvalue weighted by Gasteiger charge is -2.02. The van der Waals surface area contributed by atoms with Gasteiger partial charge in [-0.3, -0.25) is 4.79 Å². The minimum absolute atomic E-state index is 0.00694. The number of fused-ring (bicyclic) bond motifs is 1. The van der Waals surface area contributed by atoms with Crippen molar-refractivity contribution >= 4 is 37.5 Å². The molecule has 0 saturated heterocycles. The van der Waals surface area contributed by atoms with Gasteiger partial charge >= 0.3 is 0 Å². The van der Waals surface area contributed by atoms with Gasteiger partial charge in [-0.05, 0) is 18.2 Å². The third-order valence-corrected chi connectivity index (χ3v) is 5.23. The number of nitrogens with zero attached hydrogens (tertiary/aromatic N) is 5. The second kappa shape index (κ2) is 6.70. The standard InChI is InChI=1S/C14H14N6O3S2/c1-2-5-20-11-4-3-10(25(15,22)23)6-12(11)24-14(20)18-13(21)7-19-9-16-8-17-19/h2-4,6,8-9H,1,5,7H2,(H2,15,22,23). The summed E-state index contributed by atoms with van der Waals surface area (Å²) >= 11 is 1.20. The third kappa shape index (κ3) is 3.73. The van der Waals surface area contributed by atoms with Crippen LogP contribution in [0.25, 0.3) is 10.2 Å². The molecule has 0 aliphatic carbocycles. The summed E-state index contributed by atoms with van der Waals surface area (Å²) in [7, 11) is -3.81. The Kier molecular flexibility index (Phi) is 4.61. The van der Waals surface area contributed by atoms with Gasteiger partial charge in [-0.1, -0.05) is 17.4 Å². The van der Waals surface area contributed by atoms with E-state index in [0.717, 1.165) is 5.52 Å². The molecule has 2 heterocycles.